The summed E-state index contributed by atoms with van der Waals surface area (Å²) in [5.74, 6) is 0.884. The number of carbonyl (C=O) groups excluding carboxylic acids is 2. The lowest BCUT2D eigenvalue weighted by Gasteiger charge is -2.20. The quantitative estimate of drug-likeness (QED) is 0.736. The molecule has 2 N–H and O–H groups in total. The standard InChI is InChI=1S/C21H25N3O3/c25-14-24(19-13-23-18-4-1-5-20(26)21(18)19)16-6-8-17(9-7-16)27-12-10-15-3-2-11-22-15/h6-9,13-15,22-23H,1-5,10-12H2. The second kappa shape index (κ2) is 7.96. The number of Topliss-reactive ketones (excluding diaryl/α,β-unsaturated/α-hetero) is 1. The second-order valence-electron chi connectivity index (χ2n) is 7.20. The number of amides is 1. The van der Waals surface area contributed by atoms with Gasteiger partial charge in [-0.05, 0) is 62.9 Å². The molecule has 0 bridgehead atoms. The van der Waals surface area contributed by atoms with Gasteiger partial charge in [0.1, 0.15) is 5.75 Å². The van der Waals surface area contributed by atoms with Gasteiger partial charge >= 0.3 is 0 Å². The van der Waals surface area contributed by atoms with Crippen LogP contribution in [0.2, 0.25) is 0 Å². The summed E-state index contributed by atoms with van der Waals surface area (Å²) >= 11 is 0. The molecular formula is C21H25N3O3. The van der Waals surface area contributed by atoms with E-state index in [0.29, 0.717) is 30.3 Å². The van der Waals surface area contributed by atoms with Gasteiger partial charge in [-0.1, -0.05) is 0 Å². The number of aromatic amines is 1. The van der Waals surface area contributed by atoms with Crippen molar-refractivity contribution in [2.24, 2.45) is 0 Å². The monoisotopic (exact) mass is 367 g/mol. The number of nitrogens with one attached hydrogen (secondary N) is 2. The number of carbonyl (C=O) groups is 2. The van der Waals surface area contributed by atoms with Crippen LogP contribution in [0.5, 0.6) is 5.75 Å². The molecule has 1 unspecified atom stereocenters. The molecule has 0 spiro atoms. The van der Waals surface area contributed by atoms with Crippen LogP contribution in [0.25, 0.3) is 0 Å². The summed E-state index contributed by atoms with van der Waals surface area (Å²) < 4.78 is 5.83. The molecule has 6 heteroatoms. The zero-order valence-electron chi connectivity index (χ0n) is 15.4. The minimum atomic E-state index is 0.0971. The van der Waals surface area contributed by atoms with E-state index in [9.17, 15) is 9.59 Å². The highest BCUT2D eigenvalue weighted by Crippen LogP contribution is 2.34. The van der Waals surface area contributed by atoms with Crippen molar-refractivity contribution >= 4 is 23.6 Å². The summed E-state index contributed by atoms with van der Waals surface area (Å²) in [6.07, 6.45) is 8.20. The van der Waals surface area contributed by atoms with E-state index >= 15 is 0 Å². The highest BCUT2D eigenvalue weighted by molar-refractivity contribution is 6.06. The Labute approximate surface area is 158 Å². The van der Waals surface area contributed by atoms with Crippen LogP contribution in [0.1, 0.15) is 48.2 Å². The number of hydrogen-bond acceptors (Lipinski definition) is 4. The Morgan fingerprint density at radius 3 is 2.78 bits per heavy atom. The van der Waals surface area contributed by atoms with Gasteiger partial charge in [0.05, 0.1) is 17.9 Å². The number of aryl methyl sites for hydroxylation is 1. The van der Waals surface area contributed by atoms with E-state index in [4.69, 9.17) is 4.74 Å². The predicted molar refractivity (Wildman–Crippen MR) is 104 cm³/mol. The highest BCUT2D eigenvalue weighted by Gasteiger charge is 2.26. The molecule has 1 aliphatic carbocycles. The third-order valence-electron chi connectivity index (χ3n) is 5.43. The second-order valence-corrected chi connectivity index (χ2v) is 7.20. The number of ketones is 1. The number of H-pyrrole nitrogens is 1. The average molecular weight is 367 g/mol. The van der Waals surface area contributed by atoms with Gasteiger partial charge in [-0.3, -0.25) is 14.5 Å². The summed E-state index contributed by atoms with van der Waals surface area (Å²) in [5.41, 5.74) is 2.92. The first-order valence-electron chi connectivity index (χ1n) is 9.70. The molecule has 1 aliphatic heterocycles. The number of anilines is 2. The molecule has 1 aromatic carbocycles. The molecule has 1 amide bonds. The van der Waals surface area contributed by atoms with Crippen molar-refractivity contribution in [3.63, 3.8) is 0 Å². The van der Waals surface area contributed by atoms with E-state index in [1.807, 2.05) is 24.3 Å². The van der Waals surface area contributed by atoms with Crippen molar-refractivity contribution in [3.05, 3.63) is 41.7 Å². The van der Waals surface area contributed by atoms with Gasteiger partial charge in [0, 0.05) is 30.0 Å². The maximum atomic E-state index is 12.3. The lowest BCUT2D eigenvalue weighted by atomic mass is 9.95. The molecule has 2 aromatic rings. The average Bonchev–Trinajstić information content (AvgIpc) is 3.35. The number of nitrogens with zero attached hydrogens (tertiary/aromatic N) is 1. The molecule has 0 saturated carbocycles. The fraction of sp³-hybridized carbons (Fsp3) is 0.429. The van der Waals surface area contributed by atoms with Gasteiger partial charge in [-0.25, -0.2) is 0 Å². The van der Waals surface area contributed by atoms with Crippen molar-refractivity contribution in [3.8, 4) is 5.75 Å². The third-order valence-corrected chi connectivity index (χ3v) is 5.43. The van der Waals surface area contributed by atoms with Crippen LogP contribution in [-0.4, -0.2) is 36.4 Å². The summed E-state index contributed by atoms with van der Waals surface area (Å²) in [7, 11) is 0. The van der Waals surface area contributed by atoms with Gasteiger partial charge in [-0.15, -0.1) is 0 Å². The zero-order valence-corrected chi connectivity index (χ0v) is 15.4. The molecule has 142 valence electrons. The minimum absolute atomic E-state index is 0.0971. The fourth-order valence-corrected chi connectivity index (χ4v) is 3.99. The number of rotatable bonds is 7. The maximum Gasteiger partial charge on any atom is 0.218 e. The summed E-state index contributed by atoms with van der Waals surface area (Å²) in [4.78, 5) is 28.7. The molecule has 27 heavy (non-hydrogen) atoms. The van der Waals surface area contributed by atoms with E-state index in [2.05, 4.69) is 10.3 Å². The summed E-state index contributed by atoms with van der Waals surface area (Å²) in [5, 5.41) is 3.46. The molecular weight excluding hydrogens is 342 g/mol. The minimum Gasteiger partial charge on any atom is -0.494 e. The number of hydrogen-bond donors (Lipinski definition) is 2. The molecule has 2 heterocycles. The van der Waals surface area contributed by atoms with E-state index in [0.717, 1.165) is 49.3 Å². The van der Waals surface area contributed by atoms with Crippen LogP contribution in [0.3, 0.4) is 0 Å². The van der Waals surface area contributed by atoms with Crippen LogP contribution < -0.4 is 15.0 Å². The molecule has 4 rings (SSSR count). The Morgan fingerprint density at radius 1 is 1.19 bits per heavy atom. The molecule has 1 saturated heterocycles. The van der Waals surface area contributed by atoms with Crippen molar-refractivity contribution in [1.29, 1.82) is 0 Å². The summed E-state index contributed by atoms with van der Waals surface area (Å²) in [6.45, 7) is 1.78. The van der Waals surface area contributed by atoms with Gasteiger partial charge in [0.15, 0.2) is 5.78 Å². The maximum absolute atomic E-state index is 12.3. The number of fused-ring (bicyclic) bond motifs is 1. The van der Waals surface area contributed by atoms with E-state index < -0.39 is 0 Å². The van der Waals surface area contributed by atoms with Crippen LogP contribution in [-0.2, 0) is 11.2 Å². The molecule has 0 radical (unpaired) electrons. The SMILES string of the molecule is O=CN(c1ccc(OCCC2CCCN2)cc1)c1c[nH]c2c1C(=O)CCC2. The normalized spacial score (nSPS) is 19.0. The first-order valence-corrected chi connectivity index (χ1v) is 9.70. The molecule has 1 fully saturated rings. The van der Waals surface area contributed by atoms with Gasteiger partial charge in [0.25, 0.3) is 0 Å². The number of aromatic nitrogens is 1. The lowest BCUT2D eigenvalue weighted by molar-refractivity contribution is -0.106. The van der Waals surface area contributed by atoms with Crippen LogP contribution in [0.4, 0.5) is 11.4 Å². The summed E-state index contributed by atoms with van der Waals surface area (Å²) in [6, 6.07) is 8.00. The zero-order chi connectivity index (χ0) is 18.6. The van der Waals surface area contributed by atoms with Crippen LogP contribution in [0.15, 0.2) is 30.5 Å². The van der Waals surface area contributed by atoms with Crippen molar-refractivity contribution in [2.45, 2.75) is 44.6 Å². The fourth-order valence-electron chi connectivity index (χ4n) is 3.99. The Balaban J connectivity index is 1.45. The Bertz CT molecular complexity index is 807. The lowest BCUT2D eigenvalue weighted by Crippen LogP contribution is -2.23. The Morgan fingerprint density at radius 2 is 2.04 bits per heavy atom. The highest BCUT2D eigenvalue weighted by atomic mass is 16.5. The number of benzene rings is 1. The number of ether oxygens (including phenoxy) is 1. The molecule has 1 aromatic heterocycles. The molecule has 2 aliphatic rings. The first kappa shape index (κ1) is 17.8. The first-order chi connectivity index (χ1) is 13.3. The van der Waals surface area contributed by atoms with Crippen LogP contribution in [0, 0.1) is 0 Å². The molecule has 6 nitrogen and oxygen atoms in total. The van der Waals surface area contributed by atoms with E-state index in [1.165, 1.54) is 17.7 Å². The van der Waals surface area contributed by atoms with E-state index in [1.54, 1.807) is 6.20 Å². The Hall–Kier alpha value is -2.60. The van der Waals surface area contributed by atoms with Crippen molar-refractivity contribution in [1.82, 2.24) is 10.3 Å². The van der Waals surface area contributed by atoms with Crippen molar-refractivity contribution in [2.75, 3.05) is 18.1 Å². The van der Waals surface area contributed by atoms with Gasteiger partial charge in [0.2, 0.25) is 6.41 Å². The predicted octanol–water partition coefficient (Wildman–Crippen LogP) is 3.35. The van der Waals surface area contributed by atoms with Crippen molar-refractivity contribution < 1.29 is 14.3 Å². The largest absolute Gasteiger partial charge is 0.494 e. The van der Waals surface area contributed by atoms with Gasteiger partial charge < -0.3 is 15.0 Å². The third kappa shape index (κ3) is 3.76. The van der Waals surface area contributed by atoms with Crippen LogP contribution >= 0.6 is 0 Å². The smallest absolute Gasteiger partial charge is 0.218 e. The Kier molecular flexibility index (Phi) is 5.25. The molecule has 1 atom stereocenters. The van der Waals surface area contributed by atoms with Gasteiger partial charge in [-0.2, -0.15) is 0 Å². The van der Waals surface area contributed by atoms with E-state index in [-0.39, 0.29) is 5.78 Å². The topological polar surface area (TPSA) is 74.4 Å².